The van der Waals surface area contributed by atoms with Crippen LogP contribution < -0.4 is 5.73 Å². The minimum absolute atomic E-state index is 0.00145. The molecule has 14 heavy (non-hydrogen) atoms. The van der Waals surface area contributed by atoms with Gasteiger partial charge in [-0.2, -0.15) is 0 Å². The minimum atomic E-state index is -0.224. The largest absolute Gasteiger partial charge is 0.393 e. The van der Waals surface area contributed by atoms with Crippen LogP contribution in [0.1, 0.15) is 32.1 Å². The Labute approximate surface area is 84.1 Å². The maximum absolute atomic E-state index is 11.6. The van der Waals surface area contributed by atoms with Gasteiger partial charge in [0.15, 0.2) is 0 Å². The van der Waals surface area contributed by atoms with E-state index in [4.69, 9.17) is 5.73 Å². The number of carbonyl (C=O) groups is 1. The fourth-order valence-electron chi connectivity index (χ4n) is 2.54. The summed E-state index contributed by atoms with van der Waals surface area (Å²) >= 11 is 0. The lowest BCUT2D eigenvalue weighted by molar-refractivity contribution is -0.130. The maximum atomic E-state index is 11.6. The van der Waals surface area contributed by atoms with E-state index in [9.17, 15) is 9.90 Å². The molecule has 0 aromatic rings. The van der Waals surface area contributed by atoms with Crippen molar-refractivity contribution in [3.8, 4) is 0 Å². The van der Waals surface area contributed by atoms with E-state index < -0.39 is 0 Å². The van der Waals surface area contributed by atoms with Crippen LogP contribution in [0, 0.1) is 0 Å². The third-order valence-electron chi connectivity index (χ3n) is 3.25. The molecule has 3 unspecified atom stereocenters. The van der Waals surface area contributed by atoms with E-state index in [1.165, 1.54) is 0 Å². The first-order valence-corrected chi connectivity index (χ1v) is 5.40. The first kappa shape index (κ1) is 9.93. The maximum Gasteiger partial charge on any atom is 0.224 e. The van der Waals surface area contributed by atoms with Crippen molar-refractivity contribution in [2.75, 3.05) is 6.54 Å². The van der Waals surface area contributed by atoms with Crippen LogP contribution in [0.25, 0.3) is 0 Å². The van der Waals surface area contributed by atoms with Crippen molar-refractivity contribution >= 4 is 5.91 Å². The summed E-state index contributed by atoms with van der Waals surface area (Å²) in [5, 5.41) is 9.52. The zero-order valence-corrected chi connectivity index (χ0v) is 8.35. The second-order valence-electron chi connectivity index (χ2n) is 4.48. The fourth-order valence-corrected chi connectivity index (χ4v) is 2.54. The van der Waals surface area contributed by atoms with Crippen LogP contribution >= 0.6 is 0 Å². The van der Waals surface area contributed by atoms with Crippen molar-refractivity contribution in [3.05, 3.63) is 0 Å². The molecule has 2 aliphatic rings. The molecular weight excluding hydrogens is 180 g/mol. The van der Waals surface area contributed by atoms with Crippen LogP contribution in [0.3, 0.4) is 0 Å². The Morgan fingerprint density at radius 1 is 1.43 bits per heavy atom. The first-order valence-electron chi connectivity index (χ1n) is 5.40. The molecule has 0 aromatic carbocycles. The molecule has 3 atom stereocenters. The van der Waals surface area contributed by atoms with Gasteiger partial charge in [-0.25, -0.2) is 0 Å². The highest BCUT2D eigenvalue weighted by atomic mass is 16.3. The number of aliphatic hydroxyl groups excluding tert-OH is 1. The number of nitrogens with two attached hydrogens (primary N) is 1. The van der Waals surface area contributed by atoms with E-state index in [0.717, 1.165) is 25.7 Å². The highest BCUT2D eigenvalue weighted by molar-refractivity contribution is 5.79. The van der Waals surface area contributed by atoms with Crippen molar-refractivity contribution in [2.45, 2.75) is 50.3 Å². The monoisotopic (exact) mass is 198 g/mol. The normalized spacial score (nSPS) is 39.1. The van der Waals surface area contributed by atoms with Gasteiger partial charge in [0.25, 0.3) is 0 Å². The molecule has 3 N–H and O–H groups in total. The second-order valence-corrected chi connectivity index (χ2v) is 4.48. The second kappa shape index (κ2) is 3.87. The van der Waals surface area contributed by atoms with Crippen molar-refractivity contribution in [1.82, 2.24) is 4.90 Å². The number of hydrogen-bond donors (Lipinski definition) is 2. The van der Waals surface area contributed by atoms with Crippen LogP contribution in [0.4, 0.5) is 0 Å². The molecule has 80 valence electrons. The van der Waals surface area contributed by atoms with Gasteiger partial charge in [-0.05, 0) is 25.7 Å². The van der Waals surface area contributed by atoms with Gasteiger partial charge in [-0.15, -0.1) is 0 Å². The average Bonchev–Trinajstić information content (AvgIpc) is 2.45. The summed E-state index contributed by atoms with van der Waals surface area (Å²) in [5.41, 5.74) is 5.73. The highest BCUT2D eigenvalue weighted by Gasteiger charge is 2.34. The van der Waals surface area contributed by atoms with E-state index >= 15 is 0 Å². The molecule has 2 fully saturated rings. The van der Waals surface area contributed by atoms with Gasteiger partial charge in [0.1, 0.15) is 0 Å². The molecule has 1 aliphatic heterocycles. The van der Waals surface area contributed by atoms with Crippen LogP contribution in [-0.2, 0) is 4.79 Å². The SMILES string of the molecule is NC1CC(=O)N(C2CCCC(O)C2)C1. The van der Waals surface area contributed by atoms with E-state index in [1.54, 1.807) is 0 Å². The number of amides is 1. The van der Waals surface area contributed by atoms with E-state index in [-0.39, 0.29) is 24.1 Å². The smallest absolute Gasteiger partial charge is 0.224 e. The van der Waals surface area contributed by atoms with Crippen molar-refractivity contribution in [1.29, 1.82) is 0 Å². The van der Waals surface area contributed by atoms with Crippen LogP contribution in [0.5, 0.6) is 0 Å². The highest BCUT2D eigenvalue weighted by Crippen LogP contribution is 2.26. The van der Waals surface area contributed by atoms with Crippen LogP contribution in [0.2, 0.25) is 0 Å². The van der Waals surface area contributed by atoms with Gasteiger partial charge in [0, 0.05) is 25.0 Å². The predicted molar refractivity (Wildman–Crippen MR) is 52.6 cm³/mol. The number of likely N-dealkylation sites (tertiary alicyclic amines) is 1. The first-order chi connectivity index (χ1) is 6.66. The molecular formula is C10H18N2O2. The number of carbonyl (C=O) groups excluding carboxylic acids is 1. The van der Waals surface area contributed by atoms with Crippen LogP contribution in [-0.4, -0.2) is 40.6 Å². The van der Waals surface area contributed by atoms with Gasteiger partial charge in [0.2, 0.25) is 5.91 Å². The molecule has 0 radical (unpaired) electrons. The standard InChI is InChI=1S/C10H18N2O2/c11-7-4-10(14)12(6-7)8-2-1-3-9(13)5-8/h7-9,13H,1-6,11H2. The lowest BCUT2D eigenvalue weighted by Gasteiger charge is -2.33. The molecule has 0 bridgehead atoms. The topological polar surface area (TPSA) is 66.6 Å². The van der Waals surface area contributed by atoms with Crippen molar-refractivity contribution in [2.24, 2.45) is 5.73 Å². The van der Waals surface area contributed by atoms with Gasteiger partial charge < -0.3 is 15.7 Å². The summed E-state index contributed by atoms with van der Waals surface area (Å²) in [6.07, 6.45) is 3.91. The Bertz CT molecular complexity index is 232. The predicted octanol–water partition coefficient (Wildman–Crippen LogP) is -0.151. The summed E-state index contributed by atoms with van der Waals surface area (Å²) in [5.74, 6) is 0.164. The average molecular weight is 198 g/mol. The van der Waals surface area contributed by atoms with Gasteiger partial charge in [0.05, 0.1) is 6.10 Å². The molecule has 1 aliphatic carbocycles. The zero-order chi connectivity index (χ0) is 10.1. The van der Waals surface area contributed by atoms with Gasteiger partial charge >= 0.3 is 0 Å². The molecule has 1 saturated heterocycles. The Kier molecular flexibility index (Phi) is 2.74. The molecule has 4 heteroatoms. The Balaban J connectivity index is 1.97. The van der Waals surface area contributed by atoms with Crippen molar-refractivity contribution in [3.63, 3.8) is 0 Å². The fraction of sp³-hybridized carbons (Fsp3) is 0.900. The number of hydrogen-bond acceptors (Lipinski definition) is 3. The molecule has 1 saturated carbocycles. The number of rotatable bonds is 1. The summed E-state index contributed by atoms with van der Waals surface area (Å²) < 4.78 is 0. The third kappa shape index (κ3) is 1.91. The summed E-state index contributed by atoms with van der Waals surface area (Å²) in [6, 6.07) is 0.237. The molecule has 4 nitrogen and oxygen atoms in total. The lowest BCUT2D eigenvalue weighted by atomic mass is 9.92. The number of nitrogens with zero attached hydrogens (tertiary/aromatic N) is 1. The lowest BCUT2D eigenvalue weighted by Crippen LogP contribution is -2.42. The minimum Gasteiger partial charge on any atom is -0.393 e. The Morgan fingerprint density at radius 3 is 2.79 bits per heavy atom. The van der Waals surface area contributed by atoms with Gasteiger partial charge in [-0.1, -0.05) is 0 Å². The molecule has 1 heterocycles. The summed E-state index contributed by atoms with van der Waals surface area (Å²) in [4.78, 5) is 13.4. The van der Waals surface area contributed by atoms with E-state index in [2.05, 4.69) is 0 Å². The van der Waals surface area contributed by atoms with Crippen LogP contribution in [0.15, 0.2) is 0 Å². The quantitative estimate of drug-likeness (QED) is 0.615. The Morgan fingerprint density at radius 2 is 2.21 bits per heavy atom. The molecule has 0 aromatic heterocycles. The van der Waals surface area contributed by atoms with E-state index in [1.807, 2.05) is 4.90 Å². The Hall–Kier alpha value is -0.610. The van der Waals surface area contributed by atoms with Crippen molar-refractivity contribution < 1.29 is 9.90 Å². The van der Waals surface area contributed by atoms with Gasteiger partial charge in [-0.3, -0.25) is 4.79 Å². The number of aliphatic hydroxyl groups is 1. The molecule has 0 spiro atoms. The molecule has 1 amide bonds. The summed E-state index contributed by atoms with van der Waals surface area (Å²) in [7, 11) is 0. The van der Waals surface area contributed by atoms with E-state index in [0.29, 0.717) is 13.0 Å². The summed E-state index contributed by atoms with van der Waals surface area (Å²) in [6.45, 7) is 0.677. The third-order valence-corrected chi connectivity index (χ3v) is 3.25. The zero-order valence-electron chi connectivity index (χ0n) is 8.35. The molecule has 2 rings (SSSR count).